The van der Waals surface area contributed by atoms with Crippen molar-refractivity contribution < 1.29 is 19.2 Å². The zero-order chi connectivity index (χ0) is 22.7. The van der Waals surface area contributed by atoms with Crippen molar-refractivity contribution >= 4 is 23.6 Å². The van der Waals surface area contributed by atoms with Crippen LogP contribution in [0.15, 0.2) is 36.5 Å². The lowest BCUT2D eigenvalue weighted by Gasteiger charge is -2.34. The monoisotopic (exact) mass is 418 g/mol. The molecule has 166 valence electrons. The fraction of sp³-hybridized carbons (Fsp3) is 0.545. The second-order valence-electron chi connectivity index (χ2n) is 7.63. The first-order chi connectivity index (χ1) is 14.2. The summed E-state index contributed by atoms with van der Waals surface area (Å²) in [6, 6.07) is -2.25. The Morgan fingerprint density at radius 1 is 1.13 bits per heavy atom. The summed E-state index contributed by atoms with van der Waals surface area (Å²) in [5, 5.41) is 8.14. The number of amides is 4. The van der Waals surface area contributed by atoms with E-state index in [9.17, 15) is 19.2 Å². The molecule has 8 nitrogen and oxygen atoms in total. The molecule has 30 heavy (non-hydrogen) atoms. The molecule has 0 aromatic heterocycles. The Morgan fingerprint density at radius 3 is 2.43 bits per heavy atom. The molecular formula is C22H34N4O4. The maximum absolute atomic E-state index is 13.1. The first-order valence-corrected chi connectivity index (χ1v) is 10.3. The van der Waals surface area contributed by atoms with Gasteiger partial charge in [0, 0.05) is 19.7 Å². The minimum Gasteiger partial charge on any atom is -0.354 e. The Morgan fingerprint density at radius 2 is 1.80 bits per heavy atom. The summed E-state index contributed by atoms with van der Waals surface area (Å²) in [4.78, 5) is 51.7. The Labute approximate surface area is 178 Å². The smallest absolute Gasteiger partial charge is 0.245 e. The van der Waals surface area contributed by atoms with Gasteiger partial charge in [0.1, 0.15) is 18.1 Å². The van der Waals surface area contributed by atoms with Crippen LogP contribution in [0.25, 0.3) is 0 Å². The highest BCUT2D eigenvalue weighted by Gasteiger charge is 2.35. The standard InChI is InChI=1S/C22H34N4O4/c1-6-7-8-9-10-13-18(27)25-17-12-11-14-23-20(28)16(4)24-21(29)19(15(2)3)26(5)22(17)30/h6-10,13,15-17,19H,11-12,14H2,1-5H3,(H,23,28)(H,24,29)(H,25,27)/b7-6+,9-8+,13-10+/t16-,17?,19-/m0/s1. The van der Waals surface area contributed by atoms with Gasteiger partial charge in [-0.2, -0.15) is 0 Å². The lowest BCUT2D eigenvalue weighted by atomic mass is 9.99. The number of hydrogen-bond donors (Lipinski definition) is 3. The number of rotatable bonds is 5. The van der Waals surface area contributed by atoms with E-state index in [1.165, 1.54) is 11.0 Å². The van der Waals surface area contributed by atoms with Crippen LogP contribution in [-0.2, 0) is 19.2 Å². The van der Waals surface area contributed by atoms with Crippen LogP contribution in [0.5, 0.6) is 0 Å². The number of carbonyl (C=O) groups is 4. The average Bonchev–Trinajstić information content (AvgIpc) is 2.68. The number of allylic oxidation sites excluding steroid dienone is 5. The molecule has 3 atom stereocenters. The molecule has 0 aromatic carbocycles. The fourth-order valence-electron chi connectivity index (χ4n) is 3.20. The first-order valence-electron chi connectivity index (χ1n) is 10.3. The summed E-state index contributed by atoms with van der Waals surface area (Å²) >= 11 is 0. The number of nitrogens with one attached hydrogen (secondary N) is 3. The summed E-state index contributed by atoms with van der Waals surface area (Å²) in [5.74, 6) is -1.60. The third-order valence-corrected chi connectivity index (χ3v) is 4.77. The van der Waals surface area contributed by atoms with Crippen molar-refractivity contribution in [3.05, 3.63) is 36.5 Å². The maximum Gasteiger partial charge on any atom is 0.245 e. The lowest BCUT2D eigenvalue weighted by Crippen LogP contribution is -2.58. The minimum atomic E-state index is -0.797. The largest absolute Gasteiger partial charge is 0.354 e. The topological polar surface area (TPSA) is 108 Å². The third kappa shape index (κ3) is 7.85. The van der Waals surface area contributed by atoms with E-state index in [0.717, 1.165) is 0 Å². The van der Waals surface area contributed by atoms with E-state index in [4.69, 9.17) is 0 Å². The fourth-order valence-corrected chi connectivity index (χ4v) is 3.20. The van der Waals surface area contributed by atoms with Crippen LogP contribution in [-0.4, -0.2) is 60.2 Å². The summed E-state index contributed by atoms with van der Waals surface area (Å²) in [6.45, 7) is 7.51. The van der Waals surface area contributed by atoms with Crippen molar-refractivity contribution in [3.8, 4) is 0 Å². The van der Waals surface area contributed by atoms with Gasteiger partial charge in [-0.15, -0.1) is 0 Å². The Hall–Kier alpha value is -2.90. The van der Waals surface area contributed by atoms with Crippen LogP contribution < -0.4 is 16.0 Å². The van der Waals surface area contributed by atoms with Crippen LogP contribution in [0.4, 0.5) is 0 Å². The van der Waals surface area contributed by atoms with E-state index in [0.29, 0.717) is 19.4 Å². The number of carbonyl (C=O) groups excluding carboxylic acids is 4. The highest BCUT2D eigenvalue weighted by molar-refractivity contribution is 5.96. The molecule has 0 saturated carbocycles. The zero-order valence-corrected chi connectivity index (χ0v) is 18.5. The van der Waals surface area contributed by atoms with Crippen LogP contribution in [0, 0.1) is 5.92 Å². The molecule has 3 N–H and O–H groups in total. The molecule has 1 saturated heterocycles. The van der Waals surface area contributed by atoms with Gasteiger partial charge in [0.05, 0.1) is 0 Å². The van der Waals surface area contributed by atoms with E-state index in [1.807, 2.05) is 32.9 Å². The highest BCUT2D eigenvalue weighted by atomic mass is 16.2. The SMILES string of the molecule is C/C=C/C=C/C=C/C(=O)NC1CCCNC(=O)[C@H](C)NC(=O)[C@H](C(C)C)N(C)C1=O. The highest BCUT2D eigenvalue weighted by Crippen LogP contribution is 2.14. The van der Waals surface area contributed by atoms with E-state index in [2.05, 4.69) is 16.0 Å². The number of nitrogens with zero attached hydrogens (tertiary/aromatic N) is 1. The van der Waals surface area contributed by atoms with Crippen LogP contribution in [0.1, 0.15) is 40.5 Å². The van der Waals surface area contributed by atoms with Crippen molar-refractivity contribution in [2.24, 2.45) is 5.92 Å². The molecule has 0 aromatic rings. The summed E-state index contributed by atoms with van der Waals surface area (Å²) in [5.41, 5.74) is 0. The minimum absolute atomic E-state index is 0.176. The van der Waals surface area contributed by atoms with Crippen LogP contribution in [0.2, 0.25) is 0 Å². The molecule has 1 aliphatic heterocycles. The second-order valence-corrected chi connectivity index (χ2v) is 7.63. The van der Waals surface area contributed by atoms with Crippen molar-refractivity contribution in [3.63, 3.8) is 0 Å². The zero-order valence-electron chi connectivity index (χ0n) is 18.5. The van der Waals surface area contributed by atoms with E-state index in [-0.39, 0.29) is 17.7 Å². The van der Waals surface area contributed by atoms with Crippen molar-refractivity contribution in [2.45, 2.75) is 58.7 Å². The molecule has 0 bridgehead atoms. The van der Waals surface area contributed by atoms with Gasteiger partial charge in [0.2, 0.25) is 23.6 Å². The number of hydrogen-bond acceptors (Lipinski definition) is 4. The molecule has 0 radical (unpaired) electrons. The van der Waals surface area contributed by atoms with Crippen molar-refractivity contribution in [1.29, 1.82) is 0 Å². The summed E-state index contributed by atoms with van der Waals surface area (Å²) in [6.07, 6.45) is 11.0. The van der Waals surface area contributed by atoms with E-state index >= 15 is 0 Å². The van der Waals surface area contributed by atoms with E-state index < -0.39 is 29.9 Å². The lowest BCUT2D eigenvalue weighted by molar-refractivity contribution is -0.144. The third-order valence-electron chi connectivity index (χ3n) is 4.77. The molecule has 1 aliphatic rings. The van der Waals surface area contributed by atoms with Crippen LogP contribution in [0.3, 0.4) is 0 Å². The molecular weight excluding hydrogens is 384 g/mol. The molecule has 0 spiro atoms. The molecule has 1 fully saturated rings. The van der Waals surface area contributed by atoms with Crippen molar-refractivity contribution in [2.75, 3.05) is 13.6 Å². The van der Waals surface area contributed by atoms with Gasteiger partial charge in [-0.25, -0.2) is 0 Å². The Bertz CT molecular complexity index is 712. The molecule has 0 aliphatic carbocycles. The molecule has 1 heterocycles. The van der Waals surface area contributed by atoms with Gasteiger partial charge in [0.15, 0.2) is 0 Å². The molecule has 1 rings (SSSR count). The predicted octanol–water partition coefficient (Wildman–Crippen LogP) is 1.06. The molecule has 1 unspecified atom stereocenters. The summed E-state index contributed by atoms with van der Waals surface area (Å²) < 4.78 is 0. The first kappa shape index (κ1) is 25.1. The van der Waals surface area contributed by atoms with Crippen molar-refractivity contribution in [1.82, 2.24) is 20.9 Å². The molecule has 8 heteroatoms. The number of likely N-dealkylation sites (N-methyl/N-ethyl adjacent to an activating group) is 1. The normalized spacial score (nSPS) is 24.8. The van der Waals surface area contributed by atoms with Gasteiger partial charge < -0.3 is 20.9 Å². The van der Waals surface area contributed by atoms with Gasteiger partial charge >= 0.3 is 0 Å². The second kappa shape index (κ2) is 12.6. The van der Waals surface area contributed by atoms with Crippen LogP contribution >= 0.6 is 0 Å². The quantitative estimate of drug-likeness (QED) is 0.458. The maximum atomic E-state index is 13.1. The van der Waals surface area contributed by atoms with Gasteiger partial charge in [-0.3, -0.25) is 19.2 Å². The van der Waals surface area contributed by atoms with Gasteiger partial charge in [-0.1, -0.05) is 44.2 Å². The Kier molecular flexibility index (Phi) is 10.6. The van der Waals surface area contributed by atoms with Gasteiger partial charge in [-0.05, 0) is 32.6 Å². The Balaban J connectivity index is 3.03. The average molecular weight is 419 g/mol. The van der Waals surface area contributed by atoms with E-state index in [1.54, 1.807) is 32.2 Å². The van der Waals surface area contributed by atoms with Gasteiger partial charge in [0.25, 0.3) is 0 Å². The predicted molar refractivity (Wildman–Crippen MR) is 116 cm³/mol. The molecule has 4 amide bonds. The summed E-state index contributed by atoms with van der Waals surface area (Å²) in [7, 11) is 1.55.